The smallest absolute Gasteiger partial charge is 0.258 e. The maximum absolute atomic E-state index is 5.44. The Balaban J connectivity index is 1.56. The lowest BCUT2D eigenvalue weighted by Crippen LogP contribution is -2.14. The fourth-order valence-electron chi connectivity index (χ4n) is 2.70. The second-order valence-corrected chi connectivity index (χ2v) is 6.31. The molecule has 25 heavy (non-hydrogen) atoms. The van der Waals surface area contributed by atoms with Crippen LogP contribution in [0, 0.1) is 0 Å². The summed E-state index contributed by atoms with van der Waals surface area (Å²) >= 11 is 0. The summed E-state index contributed by atoms with van der Waals surface area (Å²) in [7, 11) is 4.16. The Morgan fingerprint density at radius 2 is 1.84 bits per heavy atom. The van der Waals surface area contributed by atoms with Crippen molar-refractivity contribution in [1.82, 2.24) is 25.0 Å². The molecule has 0 amide bonds. The Hall–Kier alpha value is -2.99. The number of aromatic nitrogens is 4. The minimum atomic E-state index is 0.527. The number of benzene rings is 2. The van der Waals surface area contributed by atoms with Crippen molar-refractivity contribution in [3.63, 3.8) is 0 Å². The van der Waals surface area contributed by atoms with Gasteiger partial charge >= 0.3 is 0 Å². The highest BCUT2D eigenvalue weighted by Crippen LogP contribution is 2.24. The van der Waals surface area contributed by atoms with Crippen molar-refractivity contribution in [2.75, 3.05) is 20.6 Å². The number of imidazole rings is 1. The van der Waals surface area contributed by atoms with Crippen molar-refractivity contribution in [3.8, 4) is 22.8 Å². The second kappa shape index (κ2) is 6.49. The molecule has 2 aromatic heterocycles. The first-order valence-corrected chi connectivity index (χ1v) is 8.20. The third kappa shape index (κ3) is 3.29. The lowest BCUT2D eigenvalue weighted by atomic mass is 10.1. The van der Waals surface area contributed by atoms with E-state index in [1.165, 1.54) is 5.56 Å². The molecule has 0 saturated heterocycles. The van der Waals surface area contributed by atoms with Crippen LogP contribution in [-0.2, 0) is 6.42 Å². The molecule has 4 rings (SSSR count). The minimum Gasteiger partial charge on any atom is -0.345 e. The largest absolute Gasteiger partial charge is 0.345 e. The van der Waals surface area contributed by atoms with Crippen molar-refractivity contribution >= 4 is 11.0 Å². The van der Waals surface area contributed by atoms with Gasteiger partial charge < -0.3 is 14.4 Å². The molecule has 0 radical (unpaired) electrons. The maximum atomic E-state index is 5.44. The lowest BCUT2D eigenvalue weighted by molar-refractivity contribution is 0.413. The van der Waals surface area contributed by atoms with E-state index in [9.17, 15) is 0 Å². The van der Waals surface area contributed by atoms with Crippen LogP contribution in [0.2, 0.25) is 0 Å². The quantitative estimate of drug-likeness (QED) is 0.606. The number of hydrogen-bond donors (Lipinski definition) is 1. The molecule has 0 bridgehead atoms. The molecule has 0 fully saturated rings. The number of likely N-dealkylation sites (N-methyl/N-ethyl adjacent to an activating group) is 1. The fourth-order valence-corrected chi connectivity index (χ4v) is 2.70. The number of fused-ring (bicyclic) bond motifs is 1. The van der Waals surface area contributed by atoms with E-state index in [2.05, 4.69) is 51.2 Å². The molecule has 0 aliphatic rings. The van der Waals surface area contributed by atoms with Gasteiger partial charge in [0, 0.05) is 17.7 Å². The number of aromatic amines is 1. The van der Waals surface area contributed by atoms with Crippen molar-refractivity contribution in [2.24, 2.45) is 0 Å². The van der Waals surface area contributed by atoms with Gasteiger partial charge in [-0.2, -0.15) is 4.98 Å². The van der Waals surface area contributed by atoms with Gasteiger partial charge in [-0.15, -0.1) is 0 Å². The average molecular weight is 333 g/mol. The zero-order chi connectivity index (χ0) is 17.2. The van der Waals surface area contributed by atoms with Gasteiger partial charge in [-0.1, -0.05) is 17.3 Å². The number of rotatable bonds is 5. The molecular weight excluding hydrogens is 314 g/mol. The Labute approximate surface area is 145 Å². The zero-order valence-electron chi connectivity index (χ0n) is 14.2. The molecule has 0 spiro atoms. The highest BCUT2D eigenvalue weighted by Gasteiger charge is 2.11. The minimum absolute atomic E-state index is 0.527. The summed E-state index contributed by atoms with van der Waals surface area (Å²) in [6, 6.07) is 14.1. The molecule has 0 aliphatic heterocycles. The SMILES string of the molecule is CN(C)CCc1ccc(-c2nc(-c3ccc4nc[nH]c4c3)no2)cc1. The lowest BCUT2D eigenvalue weighted by Gasteiger charge is -2.08. The van der Waals surface area contributed by atoms with Crippen LogP contribution in [0.5, 0.6) is 0 Å². The third-order valence-electron chi connectivity index (χ3n) is 4.15. The Morgan fingerprint density at radius 3 is 2.64 bits per heavy atom. The van der Waals surface area contributed by atoms with E-state index in [1.54, 1.807) is 6.33 Å². The van der Waals surface area contributed by atoms with Gasteiger partial charge in [0.1, 0.15) is 0 Å². The van der Waals surface area contributed by atoms with Gasteiger partial charge in [0.2, 0.25) is 5.82 Å². The molecule has 0 atom stereocenters. The van der Waals surface area contributed by atoms with Crippen molar-refractivity contribution < 1.29 is 4.52 Å². The Morgan fingerprint density at radius 1 is 1.04 bits per heavy atom. The van der Waals surface area contributed by atoms with E-state index in [-0.39, 0.29) is 0 Å². The standard InChI is InChI=1S/C19H19N5O/c1-24(2)10-9-13-3-5-14(6-4-13)19-22-18(23-25-19)15-7-8-16-17(11-15)21-12-20-16/h3-8,11-12H,9-10H2,1-2H3,(H,20,21). The molecule has 0 aliphatic carbocycles. The summed E-state index contributed by atoms with van der Waals surface area (Å²) < 4.78 is 5.44. The first kappa shape index (κ1) is 15.5. The van der Waals surface area contributed by atoms with Crippen molar-refractivity contribution in [3.05, 3.63) is 54.4 Å². The summed E-state index contributed by atoms with van der Waals surface area (Å²) in [6.07, 6.45) is 2.69. The van der Waals surface area contributed by atoms with Crippen LogP contribution in [0.3, 0.4) is 0 Å². The van der Waals surface area contributed by atoms with Gasteiger partial charge in [0.25, 0.3) is 5.89 Å². The summed E-state index contributed by atoms with van der Waals surface area (Å²) in [5.41, 5.74) is 4.99. The van der Waals surface area contributed by atoms with Gasteiger partial charge in [-0.25, -0.2) is 4.98 Å². The van der Waals surface area contributed by atoms with Crippen LogP contribution in [-0.4, -0.2) is 45.6 Å². The zero-order valence-corrected chi connectivity index (χ0v) is 14.2. The second-order valence-electron chi connectivity index (χ2n) is 6.31. The van der Waals surface area contributed by atoms with Crippen LogP contribution < -0.4 is 0 Å². The molecule has 6 heteroatoms. The normalized spacial score (nSPS) is 11.5. The van der Waals surface area contributed by atoms with E-state index in [4.69, 9.17) is 4.52 Å². The van der Waals surface area contributed by atoms with Crippen molar-refractivity contribution in [1.29, 1.82) is 0 Å². The molecule has 0 unspecified atom stereocenters. The molecule has 2 heterocycles. The van der Waals surface area contributed by atoms with Crippen LogP contribution in [0.1, 0.15) is 5.56 Å². The molecule has 1 N–H and O–H groups in total. The highest BCUT2D eigenvalue weighted by molar-refractivity contribution is 5.80. The average Bonchev–Trinajstić information content (AvgIpc) is 3.29. The predicted molar refractivity (Wildman–Crippen MR) is 97.1 cm³/mol. The monoisotopic (exact) mass is 333 g/mol. The Bertz CT molecular complexity index is 984. The summed E-state index contributed by atoms with van der Waals surface area (Å²) in [5, 5.41) is 4.11. The van der Waals surface area contributed by atoms with Crippen LogP contribution in [0.4, 0.5) is 0 Å². The maximum Gasteiger partial charge on any atom is 0.258 e. The predicted octanol–water partition coefficient (Wildman–Crippen LogP) is 3.38. The summed E-state index contributed by atoms with van der Waals surface area (Å²) in [6.45, 7) is 1.03. The number of H-pyrrole nitrogens is 1. The third-order valence-corrected chi connectivity index (χ3v) is 4.15. The topological polar surface area (TPSA) is 70.8 Å². The number of hydrogen-bond acceptors (Lipinski definition) is 5. The summed E-state index contributed by atoms with van der Waals surface area (Å²) in [4.78, 5) is 14.0. The fraction of sp³-hybridized carbons (Fsp3) is 0.211. The van der Waals surface area contributed by atoms with Gasteiger partial charge in [0.15, 0.2) is 0 Å². The van der Waals surface area contributed by atoms with E-state index in [0.29, 0.717) is 11.7 Å². The highest BCUT2D eigenvalue weighted by atomic mass is 16.5. The van der Waals surface area contributed by atoms with Crippen LogP contribution in [0.25, 0.3) is 33.9 Å². The van der Waals surface area contributed by atoms with E-state index < -0.39 is 0 Å². The van der Waals surface area contributed by atoms with E-state index >= 15 is 0 Å². The molecule has 6 nitrogen and oxygen atoms in total. The van der Waals surface area contributed by atoms with Gasteiger partial charge in [-0.3, -0.25) is 0 Å². The molecule has 2 aromatic carbocycles. The van der Waals surface area contributed by atoms with E-state index in [0.717, 1.165) is 35.1 Å². The van der Waals surface area contributed by atoms with Crippen molar-refractivity contribution in [2.45, 2.75) is 6.42 Å². The molecular formula is C19H19N5O. The van der Waals surface area contributed by atoms with Gasteiger partial charge in [0.05, 0.1) is 17.4 Å². The first-order valence-electron chi connectivity index (χ1n) is 8.20. The van der Waals surface area contributed by atoms with Crippen LogP contribution in [0.15, 0.2) is 53.3 Å². The van der Waals surface area contributed by atoms with Crippen LogP contribution >= 0.6 is 0 Å². The van der Waals surface area contributed by atoms with Gasteiger partial charge in [-0.05, 0) is 56.4 Å². The first-order chi connectivity index (χ1) is 12.2. The summed E-state index contributed by atoms with van der Waals surface area (Å²) in [5.74, 6) is 1.10. The number of nitrogens with zero attached hydrogens (tertiary/aromatic N) is 4. The molecule has 4 aromatic rings. The van der Waals surface area contributed by atoms with E-state index in [1.807, 2.05) is 30.3 Å². The number of nitrogens with one attached hydrogen (secondary N) is 1. The molecule has 0 saturated carbocycles. The Kier molecular flexibility index (Phi) is 4.03. The molecule has 126 valence electrons.